The second kappa shape index (κ2) is 5.34. The number of terminal acetylenes is 1. The van der Waals surface area contributed by atoms with Gasteiger partial charge in [-0.2, -0.15) is 4.98 Å². The molecule has 1 heterocycles. The summed E-state index contributed by atoms with van der Waals surface area (Å²) < 4.78 is 6.14. The third-order valence-electron chi connectivity index (χ3n) is 2.53. The number of nitrogens with zero attached hydrogens (tertiary/aromatic N) is 2. The van der Waals surface area contributed by atoms with E-state index in [9.17, 15) is 0 Å². The molecule has 1 unspecified atom stereocenters. The van der Waals surface area contributed by atoms with Gasteiger partial charge in [-0.3, -0.25) is 0 Å². The first kappa shape index (κ1) is 12.8. The van der Waals surface area contributed by atoms with Crippen molar-refractivity contribution in [3.63, 3.8) is 0 Å². The molecule has 0 fully saturated rings. The van der Waals surface area contributed by atoms with Gasteiger partial charge in [0.05, 0.1) is 6.04 Å². The summed E-state index contributed by atoms with van der Waals surface area (Å²) in [5.74, 6) is 3.37. The van der Waals surface area contributed by atoms with Crippen LogP contribution in [0.4, 0.5) is 0 Å². The summed E-state index contributed by atoms with van der Waals surface area (Å²) in [7, 11) is 0. The lowest BCUT2D eigenvalue weighted by Gasteiger charge is -2.01. The molecular weight excluding hydrogens is 294 g/mol. The van der Waals surface area contributed by atoms with Gasteiger partial charge in [0.15, 0.2) is 0 Å². The van der Waals surface area contributed by atoms with E-state index < -0.39 is 6.04 Å². The van der Waals surface area contributed by atoms with Crippen LogP contribution in [0.1, 0.15) is 23.9 Å². The Morgan fingerprint density at radius 1 is 1.56 bits per heavy atom. The number of nitrogens with two attached hydrogens (primary N) is 1. The molecule has 5 heteroatoms. The molecule has 0 saturated carbocycles. The number of hydrogen-bond acceptors (Lipinski definition) is 4. The Hall–Kier alpha value is -1.64. The molecule has 0 saturated heterocycles. The smallest absolute Gasteiger partial charge is 0.244 e. The first-order valence-electron chi connectivity index (χ1n) is 5.41. The molecule has 92 valence electrons. The van der Waals surface area contributed by atoms with Crippen LogP contribution < -0.4 is 5.73 Å². The molecule has 0 aliphatic carbocycles. The van der Waals surface area contributed by atoms with Gasteiger partial charge in [-0.15, -0.1) is 12.3 Å². The van der Waals surface area contributed by atoms with E-state index in [1.54, 1.807) is 0 Å². The molecule has 0 amide bonds. The Bertz CT molecular complexity index is 601. The van der Waals surface area contributed by atoms with Gasteiger partial charge in [0.1, 0.15) is 0 Å². The van der Waals surface area contributed by atoms with Crippen LogP contribution in [0.3, 0.4) is 0 Å². The minimum Gasteiger partial charge on any atom is -0.337 e. The lowest BCUT2D eigenvalue weighted by molar-refractivity contribution is 0.357. The van der Waals surface area contributed by atoms with Crippen LogP contribution in [-0.2, 0) is 0 Å². The molecule has 2 rings (SSSR count). The van der Waals surface area contributed by atoms with Crippen LogP contribution in [0.2, 0.25) is 0 Å². The summed E-state index contributed by atoms with van der Waals surface area (Å²) in [6.45, 7) is 1.98. The summed E-state index contributed by atoms with van der Waals surface area (Å²) in [6, 6.07) is 5.44. The third kappa shape index (κ3) is 2.61. The van der Waals surface area contributed by atoms with Crippen LogP contribution in [0, 0.1) is 19.3 Å². The van der Waals surface area contributed by atoms with Crippen molar-refractivity contribution in [1.29, 1.82) is 0 Å². The molecule has 2 N–H and O–H groups in total. The second-order valence-corrected chi connectivity index (χ2v) is 4.85. The molecule has 0 radical (unpaired) electrons. The van der Waals surface area contributed by atoms with E-state index in [0.29, 0.717) is 18.1 Å². The second-order valence-electron chi connectivity index (χ2n) is 3.93. The first-order valence-corrected chi connectivity index (χ1v) is 6.20. The van der Waals surface area contributed by atoms with Gasteiger partial charge in [0, 0.05) is 16.5 Å². The zero-order valence-corrected chi connectivity index (χ0v) is 11.4. The molecule has 18 heavy (non-hydrogen) atoms. The largest absolute Gasteiger partial charge is 0.337 e. The fraction of sp³-hybridized carbons (Fsp3) is 0.231. The lowest BCUT2D eigenvalue weighted by Crippen LogP contribution is -2.09. The highest BCUT2D eigenvalue weighted by Gasteiger charge is 2.15. The van der Waals surface area contributed by atoms with Gasteiger partial charge in [0.25, 0.3) is 0 Å². The van der Waals surface area contributed by atoms with Crippen LogP contribution in [-0.4, -0.2) is 10.1 Å². The highest BCUT2D eigenvalue weighted by molar-refractivity contribution is 9.10. The summed E-state index contributed by atoms with van der Waals surface area (Å²) in [4.78, 5) is 4.28. The van der Waals surface area contributed by atoms with Crippen molar-refractivity contribution < 1.29 is 4.52 Å². The van der Waals surface area contributed by atoms with Gasteiger partial charge in [0.2, 0.25) is 11.7 Å². The van der Waals surface area contributed by atoms with Gasteiger partial charge in [-0.1, -0.05) is 21.1 Å². The average Bonchev–Trinajstić information content (AvgIpc) is 2.78. The molecule has 1 atom stereocenters. The minimum absolute atomic E-state index is 0.366. The number of halogens is 1. The standard InChI is InChI=1S/C13H12BrN3O/c1-3-4-11(15)13-16-12(17-18-13)10-6-5-9(14)7-8(10)2/h1,5-7,11H,4,15H2,2H3. The highest BCUT2D eigenvalue weighted by atomic mass is 79.9. The van der Waals surface area contributed by atoms with Crippen LogP contribution in [0.5, 0.6) is 0 Å². The Kier molecular flexibility index (Phi) is 3.80. The van der Waals surface area contributed by atoms with Crippen molar-refractivity contribution in [2.24, 2.45) is 5.73 Å². The molecular formula is C13H12BrN3O. The molecule has 0 bridgehead atoms. The monoisotopic (exact) mass is 305 g/mol. The van der Waals surface area contributed by atoms with Crippen molar-refractivity contribution in [2.45, 2.75) is 19.4 Å². The fourth-order valence-corrected chi connectivity index (χ4v) is 2.06. The van der Waals surface area contributed by atoms with Crippen molar-refractivity contribution in [3.05, 3.63) is 34.1 Å². The van der Waals surface area contributed by atoms with Gasteiger partial charge >= 0.3 is 0 Å². The molecule has 0 aliphatic heterocycles. The van der Waals surface area contributed by atoms with Crippen LogP contribution in [0.15, 0.2) is 27.2 Å². The molecule has 4 nitrogen and oxygen atoms in total. The summed E-state index contributed by atoms with van der Waals surface area (Å²) in [5.41, 5.74) is 7.79. The Balaban J connectivity index is 2.32. The molecule has 1 aromatic heterocycles. The van der Waals surface area contributed by atoms with Gasteiger partial charge in [-0.05, 0) is 30.7 Å². The van der Waals surface area contributed by atoms with E-state index >= 15 is 0 Å². The SMILES string of the molecule is C#CCC(N)c1nc(-c2ccc(Br)cc2C)no1. The predicted octanol–water partition coefficient (Wildman–Crippen LogP) is 2.83. The fourth-order valence-electron chi connectivity index (χ4n) is 1.59. The number of aryl methyl sites for hydroxylation is 1. The topological polar surface area (TPSA) is 64.9 Å². The maximum absolute atomic E-state index is 5.81. The van der Waals surface area contributed by atoms with E-state index in [0.717, 1.165) is 15.6 Å². The average molecular weight is 306 g/mol. The van der Waals surface area contributed by atoms with Crippen LogP contribution in [0.25, 0.3) is 11.4 Å². The van der Waals surface area contributed by atoms with E-state index in [4.69, 9.17) is 16.7 Å². The van der Waals surface area contributed by atoms with Gasteiger partial charge < -0.3 is 10.3 Å². The maximum Gasteiger partial charge on any atom is 0.244 e. The molecule has 0 aliphatic rings. The maximum atomic E-state index is 5.81. The van der Waals surface area contributed by atoms with E-state index in [-0.39, 0.29) is 0 Å². The summed E-state index contributed by atoms with van der Waals surface area (Å²) in [6.07, 6.45) is 5.58. The lowest BCUT2D eigenvalue weighted by atomic mass is 10.1. The zero-order chi connectivity index (χ0) is 13.1. The quantitative estimate of drug-likeness (QED) is 0.886. The zero-order valence-electron chi connectivity index (χ0n) is 9.85. The minimum atomic E-state index is -0.410. The predicted molar refractivity (Wildman–Crippen MR) is 72.5 cm³/mol. The summed E-state index contributed by atoms with van der Waals surface area (Å²) >= 11 is 3.41. The molecule has 0 spiro atoms. The Morgan fingerprint density at radius 2 is 2.33 bits per heavy atom. The number of hydrogen-bond donors (Lipinski definition) is 1. The van der Waals surface area contributed by atoms with E-state index in [1.165, 1.54) is 0 Å². The van der Waals surface area contributed by atoms with E-state index in [1.807, 2.05) is 25.1 Å². The van der Waals surface area contributed by atoms with Crippen molar-refractivity contribution in [1.82, 2.24) is 10.1 Å². The van der Waals surface area contributed by atoms with Crippen LogP contribution >= 0.6 is 15.9 Å². The highest BCUT2D eigenvalue weighted by Crippen LogP contribution is 2.25. The number of aromatic nitrogens is 2. The van der Waals surface area contributed by atoms with Crippen molar-refractivity contribution >= 4 is 15.9 Å². The normalized spacial score (nSPS) is 12.1. The van der Waals surface area contributed by atoms with E-state index in [2.05, 4.69) is 32.0 Å². The summed E-state index contributed by atoms with van der Waals surface area (Å²) in [5, 5.41) is 3.93. The number of benzene rings is 1. The third-order valence-corrected chi connectivity index (χ3v) is 3.02. The van der Waals surface area contributed by atoms with Gasteiger partial charge in [-0.25, -0.2) is 0 Å². The Labute approximate surface area is 114 Å². The van der Waals surface area contributed by atoms with Crippen molar-refractivity contribution in [2.75, 3.05) is 0 Å². The number of rotatable bonds is 3. The Morgan fingerprint density at radius 3 is 3.00 bits per heavy atom. The first-order chi connectivity index (χ1) is 8.61. The molecule has 2 aromatic rings. The van der Waals surface area contributed by atoms with Crippen molar-refractivity contribution in [3.8, 4) is 23.7 Å². The molecule has 1 aromatic carbocycles.